The van der Waals surface area contributed by atoms with Crippen LogP contribution in [0.25, 0.3) is 11.0 Å². The number of Topliss-reactive ketones (excluding diaryl/α,β-unsaturated/α-hetero) is 1. The van der Waals surface area contributed by atoms with Crippen LogP contribution in [0.5, 0.6) is 11.7 Å². The number of esters is 1. The van der Waals surface area contributed by atoms with Gasteiger partial charge in [0.2, 0.25) is 11.2 Å². The van der Waals surface area contributed by atoms with Crippen LogP contribution in [-0.2, 0) is 19.9 Å². The molecule has 1 unspecified atom stereocenters. The maximum atomic E-state index is 12.8. The van der Waals surface area contributed by atoms with Gasteiger partial charge in [0.15, 0.2) is 0 Å². The molecule has 2 aromatic rings. The molecule has 1 aromatic heterocycles. The van der Waals surface area contributed by atoms with Gasteiger partial charge in [-0.15, -0.1) is 0 Å². The third-order valence-corrected chi connectivity index (χ3v) is 3.74. The summed E-state index contributed by atoms with van der Waals surface area (Å²) in [5, 5.41) is 20.4. The molecule has 2 N–H and O–H groups in total. The van der Waals surface area contributed by atoms with Gasteiger partial charge in [-0.1, -0.05) is 6.07 Å². The Morgan fingerprint density at radius 3 is 2.67 bits per heavy atom. The summed E-state index contributed by atoms with van der Waals surface area (Å²) in [6, 6.07) is 4.05. The van der Waals surface area contributed by atoms with E-state index in [0.717, 1.165) is 13.4 Å². The standard InChI is InChI=1S/C16H12O8/c1-7-6-23-14-11(16(21,13(7)19)15(20)22-2)12(18)10-8(17)4-3-5-9(10)24-14/h3-6,17,21H,1-2H3. The minimum absolute atomic E-state index is 0.0358. The van der Waals surface area contributed by atoms with Crippen molar-refractivity contribution in [3.8, 4) is 11.7 Å². The number of aromatic hydroxyl groups is 1. The molecule has 0 aliphatic carbocycles. The number of phenols is 1. The summed E-state index contributed by atoms with van der Waals surface area (Å²) in [5.41, 5.74) is -4.83. The SMILES string of the molecule is COC(=O)C1(O)C(=O)C(C)=COc2oc3cccc(O)c3c(=O)c21. The van der Waals surface area contributed by atoms with Gasteiger partial charge in [0.1, 0.15) is 28.5 Å². The summed E-state index contributed by atoms with van der Waals surface area (Å²) >= 11 is 0. The molecular weight excluding hydrogens is 320 g/mol. The van der Waals surface area contributed by atoms with Crippen LogP contribution in [0.1, 0.15) is 12.5 Å². The predicted octanol–water partition coefficient (Wildman–Crippen LogP) is 0.724. The molecule has 0 radical (unpaired) electrons. The lowest BCUT2D eigenvalue weighted by Gasteiger charge is -2.22. The van der Waals surface area contributed by atoms with Crippen LogP contribution < -0.4 is 10.2 Å². The third kappa shape index (κ3) is 1.93. The van der Waals surface area contributed by atoms with Crippen LogP contribution >= 0.6 is 0 Å². The molecule has 0 fully saturated rings. The highest BCUT2D eigenvalue weighted by atomic mass is 16.6. The molecule has 0 spiro atoms. The summed E-state index contributed by atoms with van der Waals surface area (Å²) in [4.78, 5) is 37.4. The van der Waals surface area contributed by atoms with E-state index >= 15 is 0 Å². The van der Waals surface area contributed by atoms with Crippen molar-refractivity contribution in [2.45, 2.75) is 12.5 Å². The van der Waals surface area contributed by atoms with E-state index in [1.165, 1.54) is 25.1 Å². The highest BCUT2D eigenvalue weighted by molar-refractivity contribution is 6.15. The van der Waals surface area contributed by atoms with E-state index in [1.54, 1.807) is 0 Å². The number of rotatable bonds is 1. The predicted molar refractivity (Wildman–Crippen MR) is 79.5 cm³/mol. The number of benzene rings is 1. The first-order chi connectivity index (χ1) is 11.3. The Bertz CT molecular complexity index is 968. The molecule has 8 heteroatoms. The molecule has 0 amide bonds. The van der Waals surface area contributed by atoms with Crippen molar-refractivity contribution >= 4 is 22.7 Å². The highest BCUT2D eigenvalue weighted by Crippen LogP contribution is 2.37. The number of fused-ring (bicyclic) bond motifs is 2. The minimum atomic E-state index is -2.95. The molecule has 0 saturated carbocycles. The third-order valence-electron chi connectivity index (χ3n) is 3.74. The monoisotopic (exact) mass is 332 g/mol. The van der Waals surface area contributed by atoms with Gasteiger partial charge < -0.3 is 24.1 Å². The summed E-state index contributed by atoms with van der Waals surface area (Å²) < 4.78 is 15.0. The average Bonchev–Trinajstić information content (AvgIpc) is 2.65. The van der Waals surface area contributed by atoms with Gasteiger partial charge in [0, 0.05) is 5.57 Å². The lowest BCUT2D eigenvalue weighted by atomic mass is 9.86. The zero-order valence-electron chi connectivity index (χ0n) is 12.7. The van der Waals surface area contributed by atoms with Gasteiger partial charge in [-0.05, 0) is 19.1 Å². The van der Waals surface area contributed by atoms with Crippen LogP contribution in [0.2, 0.25) is 0 Å². The van der Waals surface area contributed by atoms with Gasteiger partial charge in [-0.25, -0.2) is 4.79 Å². The largest absolute Gasteiger partial charge is 0.507 e. The van der Waals surface area contributed by atoms with E-state index in [0.29, 0.717) is 0 Å². The first kappa shape index (κ1) is 15.8. The molecule has 1 aliphatic heterocycles. The Labute approximate surface area is 134 Å². The summed E-state index contributed by atoms with van der Waals surface area (Å²) in [6.45, 7) is 1.30. The van der Waals surface area contributed by atoms with E-state index in [9.17, 15) is 24.6 Å². The smallest absolute Gasteiger partial charge is 0.351 e. The fourth-order valence-corrected chi connectivity index (χ4v) is 2.53. The van der Waals surface area contributed by atoms with E-state index in [2.05, 4.69) is 4.74 Å². The zero-order valence-corrected chi connectivity index (χ0v) is 12.7. The van der Waals surface area contributed by atoms with Crippen LogP contribution in [0, 0.1) is 0 Å². The van der Waals surface area contributed by atoms with Gasteiger partial charge in [0.25, 0.3) is 5.60 Å². The van der Waals surface area contributed by atoms with Crippen LogP contribution in [0.15, 0.2) is 39.2 Å². The first-order valence-corrected chi connectivity index (χ1v) is 6.80. The second-order valence-electron chi connectivity index (χ2n) is 5.19. The summed E-state index contributed by atoms with van der Waals surface area (Å²) in [6.07, 6.45) is 0.958. The lowest BCUT2D eigenvalue weighted by Crippen LogP contribution is -2.47. The number of ketones is 1. The molecule has 1 aliphatic rings. The molecule has 3 rings (SSSR count). The Kier molecular flexibility index (Phi) is 3.42. The molecule has 2 heterocycles. The molecule has 24 heavy (non-hydrogen) atoms. The van der Waals surface area contributed by atoms with Crippen LogP contribution in [-0.4, -0.2) is 29.1 Å². The van der Waals surface area contributed by atoms with Gasteiger partial charge in [-0.2, -0.15) is 0 Å². The van der Waals surface area contributed by atoms with Crippen molar-refractivity contribution in [1.82, 2.24) is 0 Å². The lowest BCUT2D eigenvalue weighted by molar-refractivity contribution is -0.168. The van der Waals surface area contributed by atoms with Gasteiger partial charge in [-0.3, -0.25) is 9.59 Å². The minimum Gasteiger partial charge on any atom is -0.507 e. The van der Waals surface area contributed by atoms with Crippen molar-refractivity contribution < 1.29 is 33.7 Å². The van der Waals surface area contributed by atoms with Crippen molar-refractivity contribution in [3.05, 3.63) is 45.8 Å². The average molecular weight is 332 g/mol. The number of carbonyl (C=O) groups is 2. The normalized spacial score (nSPS) is 20.0. The van der Waals surface area contributed by atoms with E-state index in [4.69, 9.17) is 9.15 Å². The number of methoxy groups -OCH3 is 1. The van der Waals surface area contributed by atoms with Crippen LogP contribution in [0.3, 0.4) is 0 Å². The number of ether oxygens (including phenoxy) is 2. The van der Waals surface area contributed by atoms with Gasteiger partial charge in [0.05, 0.1) is 7.11 Å². The maximum Gasteiger partial charge on any atom is 0.351 e. The molecule has 1 aromatic carbocycles. The van der Waals surface area contributed by atoms with E-state index in [1.807, 2.05) is 0 Å². The van der Waals surface area contributed by atoms with E-state index < -0.39 is 40.0 Å². The fourth-order valence-electron chi connectivity index (χ4n) is 2.53. The van der Waals surface area contributed by atoms with Crippen molar-refractivity contribution in [1.29, 1.82) is 0 Å². The summed E-state index contributed by atoms with van der Waals surface area (Å²) in [7, 11) is 0.957. The van der Waals surface area contributed by atoms with Crippen molar-refractivity contribution in [2.75, 3.05) is 7.11 Å². The Morgan fingerprint density at radius 1 is 1.29 bits per heavy atom. The van der Waals surface area contributed by atoms with Crippen molar-refractivity contribution in [2.24, 2.45) is 0 Å². The van der Waals surface area contributed by atoms with E-state index in [-0.39, 0.29) is 16.5 Å². The Morgan fingerprint density at radius 2 is 2.00 bits per heavy atom. The number of hydrogen-bond acceptors (Lipinski definition) is 8. The molecule has 124 valence electrons. The van der Waals surface area contributed by atoms with Gasteiger partial charge >= 0.3 is 11.9 Å². The quantitative estimate of drug-likeness (QED) is 0.578. The number of carbonyl (C=O) groups excluding carboxylic acids is 2. The Hall–Kier alpha value is -3.13. The number of hydrogen-bond donors (Lipinski definition) is 2. The van der Waals surface area contributed by atoms with Crippen molar-refractivity contribution in [3.63, 3.8) is 0 Å². The molecule has 1 atom stereocenters. The second-order valence-corrected chi connectivity index (χ2v) is 5.19. The number of aliphatic hydroxyl groups is 1. The molecule has 8 nitrogen and oxygen atoms in total. The Balaban J connectivity index is 2.50. The number of phenolic OH excluding ortho intramolecular Hbond substituents is 1. The maximum absolute atomic E-state index is 12.8. The zero-order chi connectivity index (χ0) is 17.6. The summed E-state index contributed by atoms with van der Waals surface area (Å²) in [5.74, 6) is -3.42. The molecule has 0 bridgehead atoms. The second kappa shape index (κ2) is 5.20. The highest BCUT2D eigenvalue weighted by Gasteiger charge is 2.53. The fraction of sp³-hybridized carbons (Fsp3) is 0.188. The molecule has 0 saturated heterocycles. The first-order valence-electron chi connectivity index (χ1n) is 6.80. The molecular formula is C16H12O8. The topological polar surface area (TPSA) is 123 Å². The van der Waals surface area contributed by atoms with Crippen LogP contribution in [0.4, 0.5) is 0 Å².